The van der Waals surface area contributed by atoms with Gasteiger partial charge < -0.3 is 5.73 Å². The van der Waals surface area contributed by atoms with E-state index < -0.39 is 0 Å². The molecule has 0 bridgehead atoms. The molecule has 0 spiro atoms. The lowest BCUT2D eigenvalue weighted by atomic mass is 10.2. The second kappa shape index (κ2) is 5.28. The van der Waals surface area contributed by atoms with E-state index >= 15 is 0 Å². The normalized spacial score (nSPS) is 10.5. The maximum atomic E-state index is 5.80. The molecule has 0 atom stereocenters. The van der Waals surface area contributed by atoms with Gasteiger partial charge in [0.2, 0.25) is 0 Å². The van der Waals surface area contributed by atoms with Gasteiger partial charge in [0, 0.05) is 16.3 Å². The molecular formula is C15H17NS. The Balaban J connectivity index is 2.02. The van der Waals surface area contributed by atoms with E-state index in [-0.39, 0.29) is 0 Å². The molecule has 2 aromatic carbocycles. The number of nitrogens with two attached hydrogens (primary N) is 1. The summed E-state index contributed by atoms with van der Waals surface area (Å²) in [5, 5.41) is 0. The van der Waals surface area contributed by atoms with Crippen LogP contribution in [0.15, 0.2) is 47.4 Å². The molecule has 0 radical (unpaired) electrons. The summed E-state index contributed by atoms with van der Waals surface area (Å²) in [4.78, 5) is 1.28. The number of aryl methyl sites for hydroxylation is 2. The van der Waals surface area contributed by atoms with Crippen molar-refractivity contribution in [1.29, 1.82) is 0 Å². The fourth-order valence-corrected chi connectivity index (χ4v) is 2.54. The van der Waals surface area contributed by atoms with Crippen molar-refractivity contribution in [3.05, 3.63) is 59.2 Å². The van der Waals surface area contributed by atoms with Gasteiger partial charge in [0.25, 0.3) is 0 Å². The molecule has 0 saturated carbocycles. The average molecular weight is 243 g/mol. The highest BCUT2D eigenvalue weighted by Crippen LogP contribution is 2.25. The first-order valence-corrected chi connectivity index (χ1v) is 6.68. The number of thioether (sulfide) groups is 1. The number of hydrogen-bond donors (Lipinski definition) is 1. The number of anilines is 1. The summed E-state index contributed by atoms with van der Waals surface area (Å²) in [5.74, 6) is 1.00. The summed E-state index contributed by atoms with van der Waals surface area (Å²) >= 11 is 1.85. The van der Waals surface area contributed by atoms with Crippen LogP contribution < -0.4 is 5.73 Å². The van der Waals surface area contributed by atoms with Crippen molar-refractivity contribution in [3.8, 4) is 0 Å². The lowest BCUT2D eigenvalue weighted by molar-refractivity contribution is 1.33. The van der Waals surface area contributed by atoms with E-state index in [9.17, 15) is 0 Å². The first kappa shape index (κ1) is 12.1. The van der Waals surface area contributed by atoms with Crippen LogP contribution in [0.1, 0.15) is 16.7 Å². The van der Waals surface area contributed by atoms with Gasteiger partial charge in [-0.25, -0.2) is 0 Å². The highest BCUT2D eigenvalue weighted by molar-refractivity contribution is 7.98. The van der Waals surface area contributed by atoms with Gasteiger partial charge in [-0.2, -0.15) is 0 Å². The maximum Gasteiger partial charge on any atom is 0.0344 e. The van der Waals surface area contributed by atoms with Crippen LogP contribution in [0.4, 0.5) is 5.69 Å². The monoisotopic (exact) mass is 243 g/mol. The van der Waals surface area contributed by atoms with Crippen molar-refractivity contribution in [1.82, 2.24) is 0 Å². The zero-order chi connectivity index (χ0) is 12.3. The molecule has 0 fully saturated rings. The van der Waals surface area contributed by atoms with Crippen molar-refractivity contribution in [2.24, 2.45) is 0 Å². The van der Waals surface area contributed by atoms with Crippen molar-refractivity contribution >= 4 is 17.4 Å². The number of benzene rings is 2. The molecule has 0 amide bonds. The quantitative estimate of drug-likeness (QED) is 0.646. The summed E-state index contributed by atoms with van der Waals surface area (Å²) < 4.78 is 0. The summed E-state index contributed by atoms with van der Waals surface area (Å²) in [6.45, 7) is 4.16. The minimum absolute atomic E-state index is 0.865. The molecule has 0 unspecified atom stereocenters. The minimum Gasteiger partial charge on any atom is -0.399 e. The van der Waals surface area contributed by atoms with Gasteiger partial charge in [-0.15, -0.1) is 11.8 Å². The van der Waals surface area contributed by atoms with E-state index in [1.807, 2.05) is 24.8 Å². The van der Waals surface area contributed by atoms with Crippen molar-refractivity contribution < 1.29 is 0 Å². The highest BCUT2D eigenvalue weighted by atomic mass is 32.2. The fourth-order valence-electron chi connectivity index (χ4n) is 1.59. The van der Waals surface area contributed by atoms with E-state index in [0.717, 1.165) is 17.0 Å². The van der Waals surface area contributed by atoms with Crippen LogP contribution in [0, 0.1) is 13.8 Å². The number of rotatable bonds is 3. The molecule has 88 valence electrons. The Kier molecular flexibility index (Phi) is 3.75. The molecule has 2 rings (SSSR count). The Morgan fingerprint density at radius 1 is 1.00 bits per heavy atom. The van der Waals surface area contributed by atoms with Crippen LogP contribution in [0.25, 0.3) is 0 Å². The first-order valence-electron chi connectivity index (χ1n) is 5.69. The fraction of sp³-hybridized carbons (Fsp3) is 0.200. The van der Waals surface area contributed by atoms with Gasteiger partial charge in [0.05, 0.1) is 0 Å². The zero-order valence-corrected chi connectivity index (χ0v) is 11.1. The number of nitrogen functional groups attached to an aromatic ring is 1. The summed E-state index contributed by atoms with van der Waals surface area (Å²) in [6, 6.07) is 14.9. The summed E-state index contributed by atoms with van der Waals surface area (Å²) in [6.07, 6.45) is 0. The predicted molar refractivity (Wildman–Crippen MR) is 76.3 cm³/mol. The smallest absolute Gasteiger partial charge is 0.0344 e. The lowest BCUT2D eigenvalue weighted by Crippen LogP contribution is -1.89. The van der Waals surface area contributed by atoms with Crippen LogP contribution in [0.5, 0.6) is 0 Å². The Morgan fingerprint density at radius 2 is 1.71 bits per heavy atom. The third kappa shape index (κ3) is 3.27. The lowest BCUT2D eigenvalue weighted by Gasteiger charge is -2.05. The Bertz CT molecular complexity index is 503. The molecule has 2 aromatic rings. The molecule has 2 heteroatoms. The van der Waals surface area contributed by atoms with E-state index in [4.69, 9.17) is 5.73 Å². The van der Waals surface area contributed by atoms with Gasteiger partial charge >= 0.3 is 0 Å². The van der Waals surface area contributed by atoms with Gasteiger partial charge in [-0.3, -0.25) is 0 Å². The molecule has 0 heterocycles. The molecule has 2 N–H and O–H groups in total. The standard InChI is InChI=1S/C15H17NS/c1-11-3-5-13(6-4-11)10-17-14-7-8-15(16)12(2)9-14/h3-9H,10,16H2,1-2H3. The number of hydrogen-bond acceptors (Lipinski definition) is 2. The Morgan fingerprint density at radius 3 is 2.35 bits per heavy atom. The molecule has 17 heavy (non-hydrogen) atoms. The first-order chi connectivity index (χ1) is 8.15. The minimum atomic E-state index is 0.865. The van der Waals surface area contributed by atoms with Crippen molar-refractivity contribution in [2.45, 2.75) is 24.5 Å². The van der Waals surface area contributed by atoms with Crippen molar-refractivity contribution in [2.75, 3.05) is 5.73 Å². The molecular weight excluding hydrogens is 226 g/mol. The maximum absolute atomic E-state index is 5.80. The molecule has 0 aliphatic carbocycles. The van der Waals surface area contributed by atoms with Gasteiger partial charge in [0.1, 0.15) is 0 Å². The van der Waals surface area contributed by atoms with E-state index in [1.165, 1.54) is 16.0 Å². The second-order valence-corrected chi connectivity index (χ2v) is 5.34. The van der Waals surface area contributed by atoms with Crippen LogP contribution in [0.2, 0.25) is 0 Å². The molecule has 0 aliphatic heterocycles. The molecule has 0 saturated heterocycles. The second-order valence-electron chi connectivity index (χ2n) is 4.29. The molecule has 0 aliphatic rings. The third-order valence-electron chi connectivity index (χ3n) is 2.77. The van der Waals surface area contributed by atoms with E-state index in [2.05, 4.69) is 43.3 Å². The van der Waals surface area contributed by atoms with E-state index in [0.29, 0.717) is 0 Å². The largest absolute Gasteiger partial charge is 0.399 e. The van der Waals surface area contributed by atoms with Crippen LogP contribution in [-0.4, -0.2) is 0 Å². The van der Waals surface area contributed by atoms with Crippen LogP contribution >= 0.6 is 11.8 Å². The molecule has 1 nitrogen and oxygen atoms in total. The molecule has 0 aromatic heterocycles. The van der Waals surface area contributed by atoms with E-state index in [1.54, 1.807) is 0 Å². The topological polar surface area (TPSA) is 26.0 Å². The van der Waals surface area contributed by atoms with Crippen molar-refractivity contribution in [3.63, 3.8) is 0 Å². The van der Waals surface area contributed by atoms with Gasteiger partial charge in [0.15, 0.2) is 0 Å². The summed E-state index contributed by atoms with van der Waals surface area (Å²) in [7, 11) is 0. The van der Waals surface area contributed by atoms with Crippen LogP contribution in [-0.2, 0) is 5.75 Å². The third-order valence-corrected chi connectivity index (χ3v) is 3.83. The van der Waals surface area contributed by atoms with Gasteiger partial charge in [-0.05, 0) is 43.2 Å². The average Bonchev–Trinajstić information content (AvgIpc) is 2.33. The Hall–Kier alpha value is -1.41. The zero-order valence-electron chi connectivity index (χ0n) is 10.2. The van der Waals surface area contributed by atoms with Gasteiger partial charge in [-0.1, -0.05) is 29.8 Å². The summed E-state index contributed by atoms with van der Waals surface area (Å²) in [5.41, 5.74) is 10.5. The highest BCUT2D eigenvalue weighted by Gasteiger charge is 1.99. The SMILES string of the molecule is Cc1ccc(CSc2ccc(N)c(C)c2)cc1. The van der Waals surface area contributed by atoms with Crippen LogP contribution in [0.3, 0.4) is 0 Å². The Labute approximate surface area is 107 Å². The predicted octanol–water partition coefficient (Wildman–Crippen LogP) is 4.18.